The van der Waals surface area contributed by atoms with Crippen molar-refractivity contribution >= 4 is 16.9 Å². The lowest BCUT2D eigenvalue weighted by molar-refractivity contribution is -0.117. The maximum absolute atomic E-state index is 12.1. The number of fused-ring (bicyclic) bond motifs is 1. The lowest BCUT2D eigenvalue weighted by Gasteiger charge is -2.14. The zero-order valence-electron chi connectivity index (χ0n) is 14.8. The van der Waals surface area contributed by atoms with Crippen LogP contribution in [-0.2, 0) is 14.3 Å². The van der Waals surface area contributed by atoms with Crippen molar-refractivity contribution in [1.82, 2.24) is 0 Å². The van der Waals surface area contributed by atoms with E-state index in [4.69, 9.17) is 14.2 Å². The van der Waals surface area contributed by atoms with Crippen LogP contribution in [0, 0.1) is 0 Å². The van der Waals surface area contributed by atoms with Gasteiger partial charge in [0.15, 0.2) is 11.5 Å². The van der Waals surface area contributed by atoms with E-state index in [1.54, 1.807) is 19.3 Å². The Labute approximate surface area is 147 Å². The zero-order chi connectivity index (χ0) is 18.1. The molecule has 4 nitrogen and oxygen atoms in total. The third-order valence-corrected chi connectivity index (χ3v) is 4.49. The van der Waals surface area contributed by atoms with Gasteiger partial charge in [0, 0.05) is 0 Å². The fourth-order valence-electron chi connectivity index (χ4n) is 3.04. The monoisotopic (exact) mass is 336 g/mol. The molecule has 0 radical (unpaired) electrons. The standard InChI is InChI=1S/C21H20O4/c1-12-13(2)18-11-15(23-3)6-7-16(18)17(12)8-14-9-19(24-4)21(22)20(10-14)25-5/h6-11H,2H2,1,3-5H3. The summed E-state index contributed by atoms with van der Waals surface area (Å²) in [5, 5.41) is 0. The molecular formula is C21H20O4. The molecule has 0 aliphatic heterocycles. The predicted octanol–water partition coefficient (Wildman–Crippen LogP) is 4.07. The van der Waals surface area contributed by atoms with Crippen LogP contribution >= 0.6 is 0 Å². The Morgan fingerprint density at radius 2 is 1.60 bits per heavy atom. The zero-order valence-corrected chi connectivity index (χ0v) is 14.8. The van der Waals surface area contributed by atoms with E-state index in [2.05, 4.69) is 6.58 Å². The summed E-state index contributed by atoms with van der Waals surface area (Å²) in [5.41, 5.74) is 6.10. The molecule has 2 aliphatic rings. The summed E-state index contributed by atoms with van der Waals surface area (Å²) >= 11 is 0. The molecule has 1 aromatic carbocycles. The van der Waals surface area contributed by atoms with Gasteiger partial charge in [-0.2, -0.15) is 0 Å². The van der Waals surface area contributed by atoms with Crippen LogP contribution in [0.2, 0.25) is 0 Å². The van der Waals surface area contributed by atoms with E-state index < -0.39 is 0 Å². The van der Waals surface area contributed by atoms with E-state index >= 15 is 0 Å². The molecule has 0 spiro atoms. The Balaban J connectivity index is 2.10. The van der Waals surface area contributed by atoms with Crippen LogP contribution in [-0.4, -0.2) is 27.1 Å². The number of allylic oxidation sites excluding steroid dienone is 7. The number of carbonyl (C=O) groups is 1. The van der Waals surface area contributed by atoms with Crippen molar-refractivity contribution in [3.8, 4) is 5.75 Å². The summed E-state index contributed by atoms with van der Waals surface area (Å²) in [5.74, 6) is 1.06. The first-order chi connectivity index (χ1) is 12.0. The van der Waals surface area contributed by atoms with Crippen LogP contribution in [0.5, 0.6) is 5.75 Å². The van der Waals surface area contributed by atoms with E-state index in [9.17, 15) is 4.79 Å². The van der Waals surface area contributed by atoms with Crippen molar-refractivity contribution in [1.29, 1.82) is 0 Å². The first-order valence-corrected chi connectivity index (χ1v) is 7.86. The van der Waals surface area contributed by atoms with Crippen LogP contribution in [0.3, 0.4) is 0 Å². The molecule has 2 aliphatic carbocycles. The quantitative estimate of drug-likeness (QED) is 0.831. The third-order valence-electron chi connectivity index (χ3n) is 4.49. The molecule has 3 rings (SSSR count). The first kappa shape index (κ1) is 16.8. The van der Waals surface area contributed by atoms with Gasteiger partial charge in [-0.05, 0) is 70.7 Å². The van der Waals surface area contributed by atoms with Gasteiger partial charge in [0.1, 0.15) is 5.75 Å². The van der Waals surface area contributed by atoms with Crippen LogP contribution < -0.4 is 4.74 Å². The molecule has 4 heteroatoms. The van der Waals surface area contributed by atoms with Gasteiger partial charge >= 0.3 is 0 Å². The molecule has 128 valence electrons. The van der Waals surface area contributed by atoms with Gasteiger partial charge in [0.2, 0.25) is 0 Å². The van der Waals surface area contributed by atoms with Crippen molar-refractivity contribution in [3.63, 3.8) is 0 Å². The summed E-state index contributed by atoms with van der Waals surface area (Å²) in [7, 11) is 4.60. The Kier molecular flexibility index (Phi) is 4.36. The summed E-state index contributed by atoms with van der Waals surface area (Å²) in [6.45, 7) is 6.23. The Bertz CT molecular complexity index is 868. The molecule has 0 saturated heterocycles. The first-order valence-electron chi connectivity index (χ1n) is 7.86. The van der Waals surface area contributed by atoms with Crippen LogP contribution in [0.15, 0.2) is 65.7 Å². The highest BCUT2D eigenvalue weighted by Gasteiger charge is 2.25. The average Bonchev–Trinajstić information content (AvgIpc) is 2.87. The van der Waals surface area contributed by atoms with Gasteiger partial charge in [0.25, 0.3) is 5.78 Å². The maximum atomic E-state index is 12.1. The van der Waals surface area contributed by atoms with Gasteiger partial charge in [-0.25, -0.2) is 0 Å². The summed E-state index contributed by atoms with van der Waals surface area (Å²) in [4.78, 5) is 12.1. The van der Waals surface area contributed by atoms with Gasteiger partial charge in [-0.15, -0.1) is 0 Å². The average molecular weight is 336 g/mol. The molecule has 0 amide bonds. The second-order valence-corrected chi connectivity index (χ2v) is 5.83. The van der Waals surface area contributed by atoms with Crippen molar-refractivity contribution < 1.29 is 19.0 Å². The smallest absolute Gasteiger partial charge is 0.261 e. The molecule has 0 N–H and O–H groups in total. The Morgan fingerprint density at radius 3 is 2.16 bits per heavy atom. The minimum absolute atomic E-state index is 0.256. The number of carbonyl (C=O) groups excluding carboxylic acids is 1. The van der Waals surface area contributed by atoms with Crippen molar-refractivity contribution in [2.45, 2.75) is 6.92 Å². The highest BCUT2D eigenvalue weighted by Crippen LogP contribution is 2.43. The summed E-state index contributed by atoms with van der Waals surface area (Å²) < 4.78 is 15.7. The number of ketones is 1. The van der Waals surface area contributed by atoms with E-state index in [0.717, 1.165) is 39.2 Å². The van der Waals surface area contributed by atoms with Crippen LogP contribution in [0.25, 0.3) is 11.1 Å². The van der Waals surface area contributed by atoms with E-state index in [-0.39, 0.29) is 17.3 Å². The largest absolute Gasteiger partial charge is 0.497 e. The predicted molar refractivity (Wildman–Crippen MR) is 97.9 cm³/mol. The van der Waals surface area contributed by atoms with Gasteiger partial charge in [-0.1, -0.05) is 12.6 Å². The number of benzene rings is 1. The molecular weight excluding hydrogens is 316 g/mol. The summed E-state index contributed by atoms with van der Waals surface area (Å²) in [6.07, 6.45) is 5.45. The molecule has 0 bridgehead atoms. The van der Waals surface area contributed by atoms with Crippen molar-refractivity contribution in [2.24, 2.45) is 0 Å². The van der Waals surface area contributed by atoms with Crippen molar-refractivity contribution in [2.75, 3.05) is 21.3 Å². The van der Waals surface area contributed by atoms with Gasteiger partial charge in [0.05, 0.1) is 21.3 Å². The Hall–Kier alpha value is -3.01. The molecule has 0 saturated carbocycles. The highest BCUT2D eigenvalue weighted by molar-refractivity contribution is 6.08. The fourth-order valence-corrected chi connectivity index (χ4v) is 3.04. The number of ether oxygens (including phenoxy) is 3. The number of hydrogen-bond acceptors (Lipinski definition) is 4. The number of hydrogen-bond donors (Lipinski definition) is 0. The third kappa shape index (κ3) is 2.80. The van der Waals surface area contributed by atoms with Crippen LogP contribution in [0.1, 0.15) is 18.1 Å². The minimum Gasteiger partial charge on any atom is -0.497 e. The van der Waals surface area contributed by atoms with E-state index in [1.807, 2.05) is 31.2 Å². The number of methoxy groups -OCH3 is 3. The fraction of sp³-hybridized carbons (Fsp3) is 0.190. The maximum Gasteiger partial charge on any atom is 0.261 e. The molecule has 1 aromatic rings. The highest BCUT2D eigenvalue weighted by atomic mass is 16.5. The SMILES string of the molecule is C=C1C(C)=C(C=C2C=C(OC)C(=O)C(OC)=C2)c2ccc(OC)cc21. The molecule has 0 aromatic heterocycles. The van der Waals surface area contributed by atoms with Gasteiger partial charge < -0.3 is 14.2 Å². The second-order valence-electron chi connectivity index (χ2n) is 5.83. The van der Waals surface area contributed by atoms with Crippen molar-refractivity contribution in [3.05, 3.63) is 76.8 Å². The Morgan fingerprint density at radius 1 is 0.960 bits per heavy atom. The molecule has 0 heterocycles. The lowest BCUT2D eigenvalue weighted by Crippen LogP contribution is -2.13. The molecule has 0 atom stereocenters. The second kappa shape index (κ2) is 6.48. The normalized spacial score (nSPS) is 16.4. The molecule has 0 fully saturated rings. The van der Waals surface area contributed by atoms with E-state index in [0.29, 0.717) is 0 Å². The molecule has 0 unspecified atom stereocenters. The number of Topliss-reactive ketones (excluding diaryl/α,β-unsaturated/α-hetero) is 1. The van der Waals surface area contributed by atoms with Gasteiger partial charge in [-0.3, -0.25) is 4.79 Å². The number of rotatable bonds is 4. The molecule has 25 heavy (non-hydrogen) atoms. The van der Waals surface area contributed by atoms with Crippen LogP contribution in [0.4, 0.5) is 0 Å². The topological polar surface area (TPSA) is 44.8 Å². The van der Waals surface area contributed by atoms with E-state index in [1.165, 1.54) is 14.2 Å². The minimum atomic E-state index is -0.256. The lowest BCUT2D eigenvalue weighted by atomic mass is 9.99. The summed E-state index contributed by atoms with van der Waals surface area (Å²) in [6, 6.07) is 5.95.